The van der Waals surface area contributed by atoms with Crippen LogP contribution in [-0.2, 0) is 16.1 Å². The fraction of sp³-hybridized carbons (Fsp3) is 0.286. The first-order valence-corrected chi connectivity index (χ1v) is 5.72. The number of ether oxygens (including phenoxy) is 1. The Morgan fingerprint density at radius 1 is 1.42 bits per heavy atom. The molecule has 0 heterocycles. The highest BCUT2D eigenvalue weighted by Gasteiger charge is 2.11. The molecule has 19 heavy (non-hydrogen) atoms. The van der Waals surface area contributed by atoms with E-state index >= 15 is 0 Å². The Hall–Kier alpha value is -2.32. The normalized spacial score (nSPS) is 11.2. The number of esters is 1. The molecular weight excluding hydrogens is 244 g/mol. The third-order valence-corrected chi connectivity index (χ3v) is 2.52. The average molecular weight is 260 g/mol. The van der Waals surface area contributed by atoms with Crippen molar-refractivity contribution in [3.8, 4) is 12.3 Å². The highest BCUT2D eigenvalue weighted by atomic mass is 16.5. The van der Waals surface area contributed by atoms with E-state index in [4.69, 9.17) is 12.2 Å². The molecule has 100 valence electrons. The number of hydrogen-bond acceptors (Lipinski definition) is 4. The quantitative estimate of drug-likeness (QED) is 0.594. The van der Waals surface area contributed by atoms with Gasteiger partial charge in [-0.15, -0.1) is 12.3 Å². The van der Waals surface area contributed by atoms with Gasteiger partial charge < -0.3 is 15.8 Å². The smallest absolute Gasteiger partial charge is 0.337 e. The van der Waals surface area contributed by atoms with Gasteiger partial charge in [-0.2, -0.15) is 0 Å². The van der Waals surface area contributed by atoms with Gasteiger partial charge in [0.05, 0.1) is 18.7 Å². The Labute approximate surface area is 112 Å². The highest BCUT2D eigenvalue weighted by molar-refractivity contribution is 5.89. The summed E-state index contributed by atoms with van der Waals surface area (Å²) in [5.41, 5.74) is 6.87. The van der Waals surface area contributed by atoms with Crippen molar-refractivity contribution in [1.29, 1.82) is 0 Å². The van der Waals surface area contributed by atoms with Crippen molar-refractivity contribution < 1.29 is 14.3 Å². The van der Waals surface area contributed by atoms with Crippen LogP contribution in [0.5, 0.6) is 0 Å². The summed E-state index contributed by atoms with van der Waals surface area (Å²) in [5.74, 6) is 1.64. The van der Waals surface area contributed by atoms with Gasteiger partial charge in [-0.25, -0.2) is 4.79 Å². The third kappa shape index (κ3) is 4.45. The number of amides is 1. The number of rotatable bonds is 5. The molecule has 0 aliphatic rings. The molecule has 1 amide bonds. The number of terminal acetylenes is 1. The van der Waals surface area contributed by atoms with Gasteiger partial charge in [0, 0.05) is 13.0 Å². The molecule has 0 saturated carbocycles. The van der Waals surface area contributed by atoms with Crippen molar-refractivity contribution >= 4 is 11.9 Å². The molecule has 1 atom stereocenters. The molecule has 0 aliphatic carbocycles. The molecule has 5 nitrogen and oxygen atoms in total. The molecule has 0 spiro atoms. The summed E-state index contributed by atoms with van der Waals surface area (Å²) >= 11 is 0. The van der Waals surface area contributed by atoms with Gasteiger partial charge in [-0.3, -0.25) is 4.79 Å². The molecule has 1 rings (SSSR count). The molecule has 0 aromatic heterocycles. The molecule has 1 unspecified atom stereocenters. The van der Waals surface area contributed by atoms with Crippen LogP contribution in [0.25, 0.3) is 0 Å². The second kappa shape index (κ2) is 7.19. The predicted octanol–water partition coefficient (Wildman–Crippen LogP) is 0.440. The summed E-state index contributed by atoms with van der Waals surface area (Å²) in [5, 5.41) is 2.67. The first kappa shape index (κ1) is 14.7. The largest absolute Gasteiger partial charge is 0.465 e. The summed E-state index contributed by atoms with van der Waals surface area (Å²) in [6.07, 6.45) is 5.28. The minimum atomic E-state index is -0.695. The van der Waals surface area contributed by atoms with Crippen molar-refractivity contribution in [1.82, 2.24) is 5.32 Å². The topological polar surface area (TPSA) is 81.4 Å². The van der Waals surface area contributed by atoms with E-state index in [0.717, 1.165) is 5.56 Å². The molecular formula is C14H16N2O3. The zero-order chi connectivity index (χ0) is 14.3. The standard InChI is InChI=1S/C14H16N2O3/c1-3-4-12(15)13(17)16-9-10-5-7-11(8-6-10)14(18)19-2/h1,5-8,12H,4,9,15H2,2H3,(H,16,17). The Bertz CT molecular complexity index is 488. The van der Waals surface area contributed by atoms with E-state index in [9.17, 15) is 9.59 Å². The minimum Gasteiger partial charge on any atom is -0.465 e. The SMILES string of the molecule is C#CCC(N)C(=O)NCc1ccc(C(=O)OC)cc1. The van der Waals surface area contributed by atoms with Crippen molar-refractivity contribution in [3.63, 3.8) is 0 Å². The number of benzene rings is 1. The Balaban J connectivity index is 2.53. The number of hydrogen-bond donors (Lipinski definition) is 2. The molecule has 0 fully saturated rings. The molecule has 0 radical (unpaired) electrons. The van der Waals surface area contributed by atoms with E-state index in [-0.39, 0.29) is 12.3 Å². The number of carbonyl (C=O) groups excluding carboxylic acids is 2. The van der Waals surface area contributed by atoms with Crippen molar-refractivity contribution in [3.05, 3.63) is 35.4 Å². The van der Waals surface area contributed by atoms with Gasteiger partial charge in [0.1, 0.15) is 0 Å². The fourth-order valence-electron chi connectivity index (χ4n) is 1.42. The van der Waals surface area contributed by atoms with Crippen LogP contribution in [0.15, 0.2) is 24.3 Å². The van der Waals surface area contributed by atoms with E-state index in [1.807, 2.05) is 0 Å². The zero-order valence-electron chi connectivity index (χ0n) is 10.7. The molecule has 1 aromatic rings. The van der Waals surface area contributed by atoms with Crippen LogP contribution in [0, 0.1) is 12.3 Å². The Morgan fingerprint density at radius 2 is 2.05 bits per heavy atom. The van der Waals surface area contributed by atoms with Gasteiger partial charge in [0.15, 0.2) is 0 Å². The van der Waals surface area contributed by atoms with Gasteiger partial charge in [0.25, 0.3) is 0 Å². The fourth-order valence-corrected chi connectivity index (χ4v) is 1.42. The van der Waals surface area contributed by atoms with E-state index in [2.05, 4.69) is 16.0 Å². The maximum atomic E-state index is 11.5. The summed E-state index contributed by atoms with van der Waals surface area (Å²) in [6, 6.07) is 6.04. The average Bonchev–Trinajstić information content (AvgIpc) is 2.44. The van der Waals surface area contributed by atoms with E-state index < -0.39 is 12.0 Å². The van der Waals surface area contributed by atoms with E-state index in [1.165, 1.54) is 7.11 Å². The summed E-state index contributed by atoms with van der Waals surface area (Å²) < 4.78 is 4.59. The van der Waals surface area contributed by atoms with Gasteiger partial charge in [0.2, 0.25) is 5.91 Å². The first-order valence-electron chi connectivity index (χ1n) is 5.72. The maximum Gasteiger partial charge on any atom is 0.337 e. The zero-order valence-corrected chi connectivity index (χ0v) is 10.7. The number of nitrogens with one attached hydrogen (secondary N) is 1. The number of carbonyl (C=O) groups is 2. The van der Waals surface area contributed by atoms with Gasteiger partial charge in [-0.05, 0) is 17.7 Å². The number of methoxy groups -OCH3 is 1. The van der Waals surface area contributed by atoms with Crippen LogP contribution in [0.3, 0.4) is 0 Å². The van der Waals surface area contributed by atoms with Crippen molar-refractivity contribution in [2.24, 2.45) is 5.73 Å². The monoisotopic (exact) mass is 260 g/mol. The molecule has 0 aliphatic heterocycles. The van der Waals surface area contributed by atoms with E-state index in [1.54, 1.807) is 24.3 Å². The number of nitrogens with two attached hydrogens (primary N) is 1. The van der Waals surface area contributed by atoms with E-state index in [0.29, 0.717) is 12.1 Å². The lowest BCUT2D eigenvalue weighted by molar-refractivity contribution is -0.122. The highest BCUT2D eigenvalue weighted by Crippen LogP contribution is 2.05. The van der Waals surface area contributed by atoms with Crippen LogP contribution in [-0.4, -0.2) is 25.0 Å². The van der Waals surface area contributed by atoms with Crippen LogP contribution in [0.4, 0.5) is 0 Å². The minimum absolute atomic E-state index is 0.201. The molecule has 0 saturated heterocycles. The Kier molecular flexibility index (Phi) is 5.58. The summed E-state index contributed by atoms with van der Waals surface area (Å²) in [7, 11) is 1.32. The first-order chi connectivity index (χ1) is 9.08. The maximum absolute atomic E-state index is 11.5. The summed E-state index contributed by atoms with van der Waals surface area (Å²) in [6.45, 7) is 0.332. The van der Waals surface area contributed by atoms with Crippen LogP contribution < -0.4 is 11.1 Å². The lowest BCUT2D eigenvalue weighted by Gasteiger charge is -2.09. The van der Waals surface area contributed by atoms with Crippen molar-refractivity contribution in [2.45, 2.75) is 19.0 Å². The molecule has 0 bridgehead atoms. The second-order valence-corrected chi connectivity index (χ2v) is 3.92. The van der Waals surface area contributed by atoms with Crippen LogP contribution in [0.2, 0.25) is 0 Å². The van der Waals surface area contributed by atoms with Crippen LogP contribution >= 0.6 is 0 Å². The van der Waals surface area contributed by atoms with Gasteiger partial charge >= 0.3 is 5.97 Å². The van der Waals surface area contributed by atoms with Crippen LogP contribution in [0.1, 0.15) is 22.3 Å². The second-order valence-electron chi connectivity index (χ2n) is 3.92. The van der Waals surface area contributed by atoms with Crippen molar-refractivity contribution in [2.75, 3.05) is 7.11 Å². The van der Waals surface area contributed by atoms with Gasteiger partial charge in [-0.1, -0.05) is 12.1 Å². The third-order valence-electron chi connectivity index (χ3n) is 2.52. The molecule has 1 aromatic carbocycles. The lowest BCUT2D eigenvalue weighted by Crippen LogP contribution is -2.39. The Morgan fingerprint density at radius 3 is 2.58 bits per heavy atom. The summed E-state index contributed by atoms with van der Waals surface area (Å²) in [4.78, 5) is 22.7. The predicted molar refractivity (Wildman–Crippen MR) is 71.1 cm³/mol. The molecule has 3 N–H and O–H groups in total. The lowest BCUT2D eigenvalue weighted by atomic mass is 10.1. The molecule has 5 heteroatoms.